The van der Waals surface area contributed by atoms with E-state index in [4.69, 9.17) is 11.6 Å². The lowest BCUT2D eigenvalue weighted by atomic mass is 10.2. The molecule has 1 aromatic carbocycles. The molecule has 0 saturated heterocycles. The second-order valence-corrected chi connectivity index (χ2v) is 3.35. The summed E-state index contributed by atoms with van der Waals surface area (Å²) in [6.07, 6.45) is 1.04. The minimum absolute atomic E-state index is 0.201. The first-order chi connectivity index (χ1) is 6.24. The van der Waals surface area contributed by atoms with Crippen LogP contribution in [0.25, 0.3) is 0 Å². The zero-order valence-electron chi connectivity index (χ0n) is 7.61. The highest BCUT2D eigenvalue weighted by Gasteiger charge is 2.01. The van der Waals surface area contributed by atoms with Crippen LogP contribution in [0.5, 0.6) is 0 Å². The molecule has 0 radical (unpaired) electrons. The van der Waals surface area contributed by atoms with E-state index in [0.717, 1.165) is 13.0 Å². The summed E-state index contributed by atoms with van der Waals surface area (Å²) in [5.41, 5.74) is 0.626. The Hall–Kier alpha value is -0.600. The van der Waals surface area contributed by atoms with E-state index < -0.39 is 0 Å². The summed E-state index contributed by atoms with van der Waals surface area (Å²) in [5.74, 6) is -0.201. The molecule has 1 N–H and O–H groups in total. The lowest BCUT2D eigenvalue weighted by molar-refractivity contribution is 0.586. The molecule has 0 spiro atoms. The molecule has 0 aromatic heterocycles. The Kier molecular flexibility index (Phi) is 4.19. The van der Waals surface area contributed by atoms with Gasteiger partial charge in [-0.15, -0.1) is 0 Å². The SMILES string of the molecule is CCCNCc1cc(Cl)ccc1F. The Balaban J connectivity index is 2.59. The van der Waals surface area contributed by atoms with Crippen molar-refractivity contribution < 1.29 is 4.39 Å². The summed E-state index contributed by atoms with van der Waals surface area (Å²) in [6, 6.07) is 4.60. The van der Waals surface area contributed by atoms with E-state index in [-0.39, 0.29) is 5.82 Å². The Morgan fingerprint density at radius 1 is 1.46 bits per heavy atom. The molecule has 0 amide bonds. The van der Waals surface area contributed by atoms with Gasteiger partial charge in [0.1, 0.15) is 5.82 Å². The van der Waals surface area contributed by atoms with Gasteiger partial charge in [0.25, 0.3) is 0 Å². The minimum Gasteiger partial charge on any atom is -0.313 e. The third-order valence-electron chi connectivity index (χ3n) is 1.75. The van der Waals surface area contributed by atoms with Crippen molar-refractivity contribution in [1.29, 1.82) is 0 Å². The lowest BCUT2D eigenvalue weighted by Crippen LogP contribution is -2.14. The molecule has 0 saturated carbocycles. The Labute approximate surface area is 82.9 Å². The third kappa shape index (κ3) is 3.33. The molecule has 0 aliphatic carbocycles. The predicted molar refractivity (Wildman–Crippen MR) is 53.4 cm³/mol. The average Bonchev–Trinajstić information content (AvgIpc) is 2.11. The van der Waals surface area contributed by atoms with E-state index in [1.807, 2.05) is 0 Å². The molecule has 1 aromatic rings. The van der Waals surface area contributed by atoms with Crippen molar-refractivity contribution in [2.24, 2.45) is 0 Å². The summed E-state index contributed by atoms with van der Waals surface area (Å²) >= 11 is 5.74. The topological polar surface area (TPSA) is 12.0 Å². The number of halogens is 2. The van der Waals surface area contributed by atoms with Gasteiger partial charge in [0.05, 0.1) is 0 Å². The second kappa shape index (κ2) is 5.20. The Bertz CT molecular complexity index is 276. The minimum atomic E-state index is -0.201. The predicted octanol–water partition coefficient (Wildman–Crippen LogP) is 2.98. The monoisotopic (exact) mass is 201 g/mol. The van der Waals surface area contributed by atoms with Crippen LogP contribution >= 0.6 is 11.6 Å². The number of nitrogens with one attached hydrogen (secondary N) is 1. The standard InChI is InChI=1S/C10H13ClFN/c1-2-5-13-7-8-6-9(11)3-4-10(8)12/h3-4,6,13H,2,5,7H2,1H3. The molecule has 1 rings (SSSR count). The quantitative estimate of drug-likeness (QED) is 0.739. The van der Waals surface area contributed by atoms with Crippen molar-refractivity contribution in [1.82, 2.24) is 5.32 Å². The van der Waals surface area contributed by atoms with Gasteiger partial charge in [-0.05, 0) is 31.2 Å². The van der Waals surface area contributed by atoms with Gasteiger partial charge >= 0.3 is 0 Å². The van der Waals surface area contributed by atoms with Crippen molar-refractivity contribution in [3.05, 3.63) is 34.6 Å². The average molecular weight is 202 g/mol. The highest BCUT2D eigenvalue weighted by Crippen LogP contribution is 2.14. The summed E-state index contributed by atoms with van der Waals surface area (Å²) in [7, 11) is 0. The van der Waals surface area contributed by atoms with Crippen molar-refractivity contribution >= 4 is 11.6 Å². The van der Waals surface area contributed by atoms with E-state index >= 15 is 0 Å². The van der Waals surface area contributed by atoms with Gasteiger partial charge in [0.15, 0.2) is 0 Å². The van der Waals surface area contributed by atoms with E-state index in [1.54, 1.807) is 12.1 Å². The Morgan fingerprint density at radius 3 is 2.92 bits per heavy atom. The largest absolute Gasteiger partial charge is 0.313 e. The molecule has 0 bridgehead atoms. The molecule has 3 heteroatoms. The van der Waals surface area contributed by atoms with E-state index in [1.165, 1.54) is 6.07 Å². The Morgan fingerprint density at radius 2 is 2.23 bits per heavy atom. The third-order valence-corrected chi connectivity index (χ3v) is 1.99. The van der Waals surface area contributed by atoms with Crippen molar-refractivity contribution in [2.75, 3.05) is 6.54 Å². The molecule has 0 unspecified atom stereocenters. The maximum atomic E-state index is 13.1. The second-order valence-electron chi connectivity index (χ2n) is 2.91. The highest BCUT2D eigenvalue weighted by molar-refractivity contribution is 6.30. The van der Waals surface area contributed by atoms with Gasteiger partial charge in [-0.25, -0.2) is 4.39 Å². The van der Waals surface area contributed by atoms with Gasteiger partial charge < -0.3 is 5.32 Å². The maximum Gasteiger partial charge on any atom is 0.127 e. The molecule has 0 aliphatic heterocycles. The van der Waals surface area contributed by atoms with Crippen LogP contribution < -0.4 is 5.32 Å². The number of benzene rings is 1. The van der Waals surface area contributed by atoms with Crippen LogP contribution in [-0.4, -0.2) is 6.54 Å². The molecule has 0 fully saturated rings. The van der Waals surface area contributed by atoms with E-state index in [0.29, 0.717) is 17.1 Å². The van der Waals surface area contributed by atoms with Crippen LogP contribution in [0.2, 0.25) is 5.02 Å². The van der Waals surface area contributed by atoms with Gasteiger partial charge in [-0.1, -0.05) is 18.5 Å². The molecular formula is C10H13ClFN. The smallest absolute Gasteiger partial charge is 0.127 e. The number of rotatable bonds is 4. The van der Waals surface area contributed by atoms with E-state index in [9.17, 15) is 4.39 Å². The van der Waals surface area contributed by atoms with Crippen LogP contribution in [-0.2, 0) is 6.54 Å². The van der Waals surface area contributed by atoms with Gasteiger partial charge in [-0.2, -0.15) is 0 Å². The maximum absolute atomic E-state index is 13.1. The first-order valence-electron chi connectivity index (χ1n) is 4.38. The molecule has 13 heavy (non-hydrogen) atoms. The van der Waals surface area contributed by atoms with E-state index in [2.05, 4.69) is 12.2 Å². The van der Waals surface area contributed by atoms with Crippen LogP contribution in [0.15, 0.2) is 18.2 Å². The number of hydrogen-bond acceptors (Lipinski definition) is 1. The zero-order chi connectivity index (χ0) is 9.68. The molecule has 0 heterocycles. The van der Waals surface area contributed by atoms with Crippen LogP contribution in [0, 0.1) is 5.82 Å². The summed E-state index contributed by atoms with van der Waals surface area (Å²) in [6.45, 7) is 3.51. The molecule has 0 atom stereocenters. The van der Waals surface area contributed by atoms with Crippen LogP contribution in [0.3, 0.4) is 0 Å². The first-order valence-corrected chi connectivity index (χ1v) is 4.76. The van der Waals surface area contributed by atoms with Crippen molar-refractivity contribution in [3.8, 4) is 0 Å². The van der Waals surface area contributed by atoms with Crippen LogP contribution in [0.1, 0.15) is 18.9 Å². The zero-order valence-corrected chi connectivity index (χ0v) is 8.37. The highest BCUT2D eigenvalue weighted by atomic mass is 35.5. The van der Waals surface area contributed by atoms with Gasteiger partial charge in [0.2, 0.25) is 0 Å². The van der Waals surface area contributed by atoms with Crippen LogP contribution in [0.4, 0.5) is 4.39 Å². The van der Waals surface area contributed by atoms with Crippen molar-refractivity contribution in [3.63, 3.8) is 0 Å². The molecule has 1 nitrogen and oxygen atoms in total. The fourth-order valence-electron chi connectivity index (χ4n) is 1.08. The summed E-state index contributed by atoms with van der Waals surface area (Å²) < 4.78 is 13.1. The number of hydrogen-bond donors (Lipinski definition) is 1. The normalized spacial score (nSPS) is 10.4. The summed E-state index contributed by atoms with van der Waals surface area (Å²) in [4.78, 5) is 0. The fourth-order valence-corrected chi connectivity index (χ4v) is 1.27. The van der Waals surface area contributed by atoms with Gasteiger partial charge in [-0.3, -0.25) is 0 Å². The lowest BCUT2D eigenvalue weighted by Gasteiger charge is -2.04. The van der Waals surface area contributed by atoms with Gasteiger partial charge in [0, 0.05) is 17.1 Å². The molecule has 0 aliphatic rings. The first kappa shape index (κ1) is 10.5. The summed E-state index contributed by atoms with van der Waals surface area (Å²) in [5, 5.41) is 3.70. The van der Waals surface area contributed by atoms with Crippen molar-refractivity contribution in [2.45, 2.75) is 19.9 Å². The fraction of sp³-hybridized carbons (Fsp3) is 0.400. The molecule has 72 valence electrons. The molecular weight excluding hydrogens is 189 g/mol.